The molecule has 1 saturated carbocycles. The number of carbonyl (C=O) groups excluding carboxylic acids is 2. The molecule has 0 spiro atoms. The lowest BCUT2D eigenvalue weighted by Crippen LogP contribution is -2.48. The van der Waals surface area contributed by atoms with Gasteiger partial charge in [0.1, 0.15) is 11.6 Å². The lowest BCUT2D eigenvalue weighted by Gasteiger charge is -2.26. The van der Waals surface area contributed by atoms with Gasteiger partial charge in [0.25, 0.3) is 5.91 Å². The number of aromatic nitrogens is 1. The van der Waals surface area contributed by atoms with Gasteiger partial charge in [0.15, 0.2) is 0 Å². The Morgan fingerprint density at radius 2 is 2.15 bits per heavy atom. The fourth-order valence-corrected chi connectivity index (χ4v) is 2.79. The first kappa shape index (κ1) is 20.1. The minimum atomic E-state index is -0.788. The van der Waals surface area contributed by atoms with Crippen molar-refractivity contribution in [1.82, 2.24) is 15.8 Å². The van der Waals surface area contributed by atoms with Crippen molar-refractivity contribution in [2.75, 3.05) is 0 Å². The van der Waals surface area contributed by atoms with Gasteiger partial charge in [-0.3, -0.25) is 25.1 Å². The number of hydrogen-bond acceptors (Lipinski definition) is 6. The maximum Gasteiger partial charge on any atom is 0.326 e. The molecule has 7 nitrogen and oxygen atoms in total. The van der Waals surface area contributed by atoms with Crippen molar-refractivity contribution >= 4 is 18.0 Å². The Labute approximate surface area is 153 Å². The highest BCUT2D eigenvalue weighted by Gasteiger charge is 2.33. The minimum Gasteiger partial charge on any atom is -0.461 e. The molecular formula is C19H27N3O4. The highest BCUT2D eigenvalue weighted by atomic mass is 16.5. The summed E-state index contributed by atoms with van der Waals surface area (Å²) in [7, 11) is 0. The van der Waals surface area contributed by atoms with Crippen LogP contribution in [0.1, 0.15) is 51.3 Å². The van der Waals surface area contributed by atoms with E-state index in [4.69, 9.17) is 9.94 Å². The molecule has 3 N–H and O–H groups in total. The van der Waals surface area contributed by atoms with E-state index < -0.39 is 11.4 Å². The van der Waals surface area contributed by atoms with Crippen molar-refractivity contribution in [1.29, 1.82) is 0 Å². The Kier molecular flexibility index (Phi) is 6.88. The molecule has 0 saturated heterocycles. The highest BCUT2D eigenvalue weighted by molar-refractivity contribution is 5.90. The van der Waals surface area contributed by atoms with E-state index in [1.807, 2.05) is 19.9 Å². The van der Waals surface area contributed by atoms with Crippen LogP contribution in [0, 0.1) is 5.92 Å². The Hall–Kier alpha value is -2.25. The van der Waals surface area contributed by atoms with Gasteiger partial charge in [0.2, 0.25) is 0 Å². The molecule has 1 amide bonds. The van der Waals surface area contributed by atoms with Crippen molar-refractivity contribution in [3.63, 3.8) is 0 Å². The van der Waals surface area contributed by atoms with Crippen LogP contribution in [0.3, 0.4) is 0 Å². The molecule has 1 fully saturated rings. The number of nitrogens with zero attached hydrogens (tertiary/aromatic N) is 1. The van der Waals surface area contributed by atoms with Gasteiger partial charge in [0, 0.05) is 18.8 Å². The summed E-state index contributed by atoms with van der Waals surface area (Å²) in [5.41, 5.74) is 2.22. The average Bonchev–Trinajstić information content (AvgIpc) is 3.03. The normalized spacial score (nSPS) is 20.3. The standard InChI is InChI=1S/C19H27N3O4/c1-13-4-8-16(10-13)26-18(24)19(2,3)21-12-14-5-6-15(20-11-14)7-9-17(23)22-25/h5-7,9,11,13,16,21,25H,4,8,10,12H2,1-3H3,(H,22,23). The highest BCUT2D eigenvalue weighted by Crippen LogP contribution is 2.28. The smallest absolute Gasteiger partial charge is 0.326 e. The van der Waals surface area contributed by atoms with Gasteiger partial charge in [-0.05, 0) is 56.7 Å². The fraction of sp³-hybridized carbons (Fsp3) is 0.526. The van der Waals surface area contributed by atoms with E-state index in [1.165, 1.54) is 17.6 Å². The average molecular weight is 361 g/mol. The zero-order valence-electron chi connectivity index (χ0n) is 15.5. The third-order valence-electron chi connectivity index (χ3n) is 4.53. The second-order valence-electron chi connectivity index (χ2n) is 7.32. The maximum absolute atomic E-state index is 12.4. The summed E-state index contributed by atoms with van der Waals surface area (Å²) in [6.07, 6.45) is 7.37. The van der Waals surface area contributed by atoms with Gasteiger partial charge in [-0.2, -0.15) is 0 Å². The molecule has 0 aromatic carbocycles. The second kappa shape index (κ2) is 8.91. The molecule has 1 aliphatic rings. The van der Waals surface area contributed by atoms with Crippen LogP contribution in [-0.2, 0) is 20.9 Å². The molecular weight excluding hydrogens is 334 g/mol. The van der Waals surface area contributed by atoms with Crippen LogP contribution in [0.5, 0.6) is 0 Å². The number of ether oxygens (including phenoxy) is 1. The molecule has 1 aromatic heterocycles. The number of hydroxylamine groups is 1. The Morgan fingerprint density at radius 1 is 1.38 bits per heavy atom. The number of hydrogen-bond donors (Lipinski definition) is 3. The topological polar surface area (TPSA) is 101 Å². The van der Waals surface area contributed by atoms with Crippen LogP contribution in [-0.4, -0.2) is 33.7 Å². The van der Waals surface area contributed by atoms with Crippen LogP contribution in [0.2, 0.25) is 0 Å². The summed E-state index contributed by atoms with van der Waals surface area (Å²) in [6.45, 7) is 6.27. The molecule has 0 radical (unpaired) electrons. The summed E-state index contributed by atoms with van der Waals surface area (Å²) < 4.78 is 5.63. The molecule has 1 heterocycles. The lowest BCUT2D eigenvalue weighted by atomic mass is 10.1. The Balaban J connectivity index is 1.85. The van der Waals surface area contributed by atoms with Gasteiger partial charge in [-0.15, -0.1) is 0 Å². The minimum absolute atomic E-state index is 0.0300. The van der Waals surface area contributed by atoms with E-state index in [0.29, 0.717) is 18.2 Å². The molecule has 0 bridgehead atoms. The zero-order chi connectivity index (χ0) is 19.2. The monoisotopic (exact) mass is 361 g/mol. The van der Waals surface area contributed by atoms with Crippen molar-refractivity contribution < 1.29 is 19.5 Å². The Morgan fingerprint density at radius 3 is 2.73 bits per heavy atom. The first-order chi connectivity index (χ1) is 12.3. The van der Waals surface area contributed by atoms with Gasteiger partial charge in [-0.25, -0.2) is 5.48 Å². The lowest BCUT2D eigenvalue weighted by molar-refractivity contribution is -0.155. The zero-order valence-corrected chi connectivity index (χ0v) is 15.5. The van der Waals surface area contributed by atoms with Crippen LogP contribution in [0.25, 0.3) is 6.08 Å². The molecule has 142 valence electrons. The molecule has 1 aliphatic carbocycles. The third-order valence-corrected chi connectivity index (χ3v) is 4.53. The summed E-state index contributed by atoms with van der Waals surface area (Å²) in [5, 5.41) is 11.6. The third kappa shape index (κ3) is 5.93. The quantitative estimate of drug-likeness (QED) is 0.298. The first-order valence-electron chi connectivity index (χ1n) is 8.83. The molecule has 26 heavy (non-hydrogen) atoms. The van der Waals surface area contributed by atoms with Crippen LogP contribution >= 0.6 is 0 Å². The predicted molar refractivity (Wildman–Crippen MR) is 97.0 cm³/mol. The van der Waals surface area contributed by atoms with Crippen molar-refractivity contribution in [3.8, 4) is 0 Å². The van der Waals surface area contributed by atoms with Crippen molar-refractivity contribution in [3.05, 3.63) is 35.7 Å². The van der Waals surface area contributed by atoms with Gasteiger partial charge in [-0.1, -0.05) is 13.0 Å². The van der Waals surface area contributed by atoms with E-state index in [9.17, 15) is 9.59 Å². The summed E-state index contributed by atoms with van der Waals surface area (Å²) in [5.74, 6) is -0.237. The summed E-state index contributed by atoms with van der Waals surface area (Å²) >= 11 is 0. The summed E-state index contributed by atoms with van der Waals surface area (Å²) in [6, 6.07) is 3.61. The van der Waals surface area contributed by atoms with Gasteiger partial charge < -0.3 is 4.74 Å². The largest absolute Gasteiger partial charge is 0.461 e. The van der Waals surface area contributed by atoms with E-state index in [0.717, 1.165) is 24.8 Å². The SMILES string of the molecule is CC1CCC(OC(=O)C(C)(C)NCc2ccc(C=CC(=O)NO)nc2)C1. The molecule has 2 atom stereocenters. The van der Waals surface area contributed by atoms with Gasteiger partial charge in [0.05, 0.1) is 5.69 Å². The molecule has 2 rings (SSSR count). The number of carbonyl (C=O) groups is 2. The van der Waals surface area contributed by atoms with E-state index in [2.05, 4.69) is 17.2 Å². The molecule has 0 aliphatic heterocycles. The van der Waals surface area contributed by atoms with Crippen molar-refractivity contribution in [2.45, 2.75) is 58.2 Å². The second-order valence-corrected chi connectivity index (χ2v) is 7.32. The molecule has 2 unspecified atom stereocenters. The fourth-order valence-electron chi connectivity index (χ4n) is 2.79. The van der Waals surface area contributed by atoms with Gasteiger partial charge >= 0.3 is 5.97 Å². The predicted octanol–water partition coefficient (Wildman–Crippen LogP) is 2.20. The van der Waals surface area contributed by atoms with Crippen LogP contribution < -0.4 is 10.8 Å². The maximum atomic E-state index is 12.4. The first-order valence-corrected chi connectivity index (χ1v) is 8.83. The van der Waals surface area contributed by atoms with Crippen LogP contribution in [0.15, 0.2) is 24.4 Å². The number of esters is 1. The van der Waals surface area contributed by atoms with Crippen LogP contribution in [0.4, 0.5) is 0 Å². The number of rotatable bonds is 7. The summed E-state index contributed by atoms with van der Waals surface area (Å²) in [4.78, 5) is 27.6. The van der Waals surface area contributed by atoms with E-state index >= 15 is 0 Å². The number of pyridine rings is 1. The molecule has 7 heteroatoms. The number of amides is 1. The van der Waals surface area contributed by atoms with Crippen molar-refractivity contribution in [2.24, 2.45) is 5.92 Å². The molecule has 1 aromatic rings. The number of nitrogens with one attached hydrogen (secondary N) is 2. The van der Waals surface area contributed by atoms with E-state index in [1.54, 1.807) is 12.3 Å². The Bertz CT molecular complexity index is 655. The van der Waals surface area contributed by atoms with E-state index in [-0.39, 0.29) is 12.1 Å².